The molecule has 1 unspecified atom stereocenters. The van der Waals surface area contributed by atoms with Gasteiger partial charge < -0.3 is 9.52 Å². The molecule has 1 aliphatic heterocycles. The zero-order valence-corrected chi connectivity index (χ0v) is 14.1. The van der Waals surface area contributed by atoms with Crippen LogP contribution in [0.15, 0.2) is 58.5 Å². The van der Waals surface area contributed by atoms with Gasteiger partial charge in [-0.25, -0.2) is 4.99 Å². The Balaban J connectivity index is 0.000000326. The number of nitrogens with zero attached hydrogens (tertiary/aromatic N) is 2. The molecule has 3 N–H and O–H groups in total. The van der Waals surface area contributed by atoms with E-state index in [0.717, 1.165) is 11.9 Å². The number of rotatable bonds is 5. The van der Waals surface area contributed by atoms with E-state index in [9.17, 15) is 4.79 Å². The molecule has 132 valence electrons. The molecule has 0 bridgehead atoms. The summed E-state index contributed by atoms with van der Waals surface area (Å²) in [7, 11) is 0. The fourth-order valence-electron chi connectivity index (χ4n) is 2.09. The average Bonchev–Trinajstić information content (AvgIpc) is 3.17. The quantitative estimate of drug-likeness (QED) is 0.725. The molecule has 1 aromatic carbocycles. The molecule has 1 atom stereocenters. The number of aliphatic imine (C=N–C) groups is 1. The summed E-state index contributed by atoms with van der Waals surface area (Å²) in [6.07, 6.45) is 7.25. The van der Waals surface area contributed by atoms with Gasteiger partial charge in [-0.15, -0.1) is 6.58 Å². The molecule has 0 saturated heterocycles. The molecule has 0 aliphatic carbocycles. The summed E-state index contributed by atoms with van der Waals surface area (Å²) in [6.45, 7) is 5.46. The number of carbonyl (C=O) groups excluding carboxylic acids is 1. The van der Waals surface area contributed by atoms with Crippen LogP contribution < -0.4 is 10.6 Å². The van der Waals surface area contributed by atoms with E-state index in [2.05, 4.69) is 33.3 Å². The number of aromatic nitrogens is 1. The minimum absolute atomic E-state index is 0.0856. The monoisotopic (exact) mass is 342 g/mol. The first-order valence-electron chi connectivity index (χ1n) is 8.02. The number of aliphatic hydroxyl groups is 1. The predicted molar refractivity (Wildman–Crippen MR) is 98.3 cm³/mol. The van der Waals surface area contributed by atoms with Gasteiger partial charge in [0.1, 0.15) is 11.6 Å². The van der Waals surface area contributed by atoms with Crippen LogP contribution in [0.25, 0.3) is 11.1 Å². The predicted octanol–water partition coefficient (Wildman–Crippen LogP) is 2.62. The molecule has 0 saturated carbocycles. The van der Waals surface area contributed by atoms with Gasteiger partial charge in [-0.2, -0.15) is 4.98 Å². The van der Waals surface area contributed by atoms with Crippen LogP contribution in [0.4, 0.5) is 6.01 Å². The molecule has 2 heterocycles. The van der Waals surface area contributed by atoms with Crippen molar-refractivity contribution in [3.63, 3.8) is 0 Å². The van der Waals surface area contributed by atoms with Crippen molar-refractivity contribution in [1.82, 2.24) is 10.3 Å². The molecule has 7 heteroatoms. The number of allylic oxidation sites excluding steroid dienone is 3. The van der Waals surface area contributed by atoms with Crippen LogP contribution in [0, 0.1) is 0 Å². The van der Waals surface area contributed by atoms with Crippen molar-refractivity contribution in [1.29, 1.82) is 0 Å². The van der Waals surface area contributed by atoms with Crippen molar-refractivity contribution in [3.8, 4) is 0 Å². The summed E-state index contributed by atoms with van der Waals surface area (Å²) in [4.78, 5) is 19.8. The third-order valence-electron chi connectivity index (χ3n) is 3.29. The Kier molecular flexibility index (Phi) is 6.91. The number of carbonyl (C=O) groups is 1. The summed E-state index contributed by atoms with van der Waals surface area (Å²) in [5, 5.41) is 14.2. The molecular weight excluding hydrogens is 320 g/mol. The van der Waals surface area contributed by atoms with Crippen molar-refractivity contribution >= 4 is 29.0 Å². The van der Waals surface area contributed by atoms with Crippen LogP contribution in [-0.4, -0.2) is 34.6 Å². The summed E-state index contributed by atoms with van der Waals surface area (Å²) in [6, 6.07) is 7.05. The maximum atomic E-state index is 11.5. The Morgan fingerprint density at radius 1 is 1.44 bits per heavy atom. The van der Waals surface area contributed by atoms with Crippen molar-refractivity contribution < 1.29 is 14.3 Å². The number of benzene rings is 1. The van der Waals surface area contributed by atoms with E-state index < -0.39 is 6.04 Å². The zero-order chi connectivity index (χ0) is 18.1. The maximum absolute atomic E-state index is 11.5. The van der Waals surface area contributed by atoms with E-state index in [1.54, 1.807) is 6.07 Å². The van der Waals surface area contributed by atoms with Gasteiger partial charge in [-0.05, 0) is 25.5 Å². The number of hydrogen-bond acceptors (Lipinski definition) is 6. The summed E-state index contributed by atoms with van der Waals surface area (Å²) < 4.78 is 5.46. The second kappa shape index (κ2) is 9.39. The van der Waals surface area contributed by atoms with E-state index >= 15 is 0 Å². The highest BCUT2D eigenvalue weighted by Crippen LogP contribution is 2.18. The van der Waals surface area contributed by atoms with Gasteiger partial charge in [0.05, 0.1) is 0 Å². The average molecular weight is 342 g/mol. The standard InChI is InChI=1S/C12H12N4O3.C6H10/c17-6-5-8-10(18)15-11(13-8)16-12-14-7-3-1-2-4-9(7)19-12;1-3-5-6-4-2/h1-4,8,17H,5-6H2,(H2,13,14,15,16,18);3-4,6H,1,5H2,2H3. The fourth-order valence-corrected chi connectivity index (χ4v) is 2.09. The highest BCUT2D eigenvalue weighted by atomic mass is 16.4. The molecule has 0 spiro atoms. The van der Waals surface area contributed by atoms with E-state index in [1.807, 2.05) is 37.3 Å². The lowest BCUT2D eigenvalue weighted by Gasteiger charge is -1.99. The maximum Gasteiger partial charge on any atom is 0.302 e. The highest BCUT2D eigenvalue weighted by Gasteiger charge is 2.26. The van der Waals surface area contributed by atoms with Crippen LogP contribution in [0.3, 0.4) is 0 Å². The van der Waals surface area contributed by atoms with Gasteiger partial charge >= 0.3 is 6.01 Å². The summed E-state index contributed by atoms with van der Waals surface area (Å²) in [5.41, 5.74) is 1.38. The molecule has 25 heavy (non-hydrogen) atoms. The van der Waals surface area contributed by atoms with Gasteiger partial charge in [-0.1, -0.05) is 30.4 Å². The number of amides is 1. The number of anilines is 1. The summed E-state index contributed by atoms with van der Waals surface area (Å²) >= 11 is 0. The third-order valence-corrected chi connectivity index (χ3v) is 3.29. The Morgan fingerprint density at radius 2 is 2.24 bits per heavy atom. The minimum atomic E-state index is -0.558. The Morgan fingerprint density at radius 3 is 2.88 bits per heavy atom. The summed E-state index contributed by atoms with van der Waals surface area (Å²) in [5.74, 6) is 0.0441. The number of para-hydroxylation sites is 2. The van der Waals surface area contributed by atoms with Crippen molar-refractivity contribution in [3.05, 3.63) is 49.1 Å². The van der Waals surface area contributed by atoms with Gasteiger partial charge in [0.25, 0.3) is 5.91 Å². The first kappa shape index (κ1) is 18.4. The van der Waals surface area contributed by atoms with Gasteiger partial charge in [0.2, 0.25) is 5.96 Å². The molecule has 2 aromatic rings. The lowest BCUT2D eigenvalue weighted by atomic mass is 10.2. The van der Waals surface area contributed by atoms with Crippen molar-refractivity contribution in [2.75, 3.05) is 11.9 Å². The second-order valence-corrected chi connectivity index (χ2v) is 5.20. The fraction of sp³-hybridized carbons (Fsp3) is 0.278. The van der Waals surface area contributed by atoms with Crippen LogP contribution in [0.2, 0.25) is 0 Å². The van der Waals surface area contributed by atoms with Crippen molar-refractivity contribution in [2.24, 2.45) is 4.99 Å². The van der Waals surface area contributed by atoms with Gasteiger partial charge in [-0.3, -0.25) is 15.4 Å². The van der Waals surface area contributed by atoms with E-state index in [4.69, 9.17) is 9.52 Å². The SMILES string of the molecule is C=CCC=CC.O=C1NC(Nc2nc3ccccc3o2)=NC1CCO. The largest absolute Gasteiger partial charge is 0.423 e. The second-order valence-electron chi connectivity index (χ2n) is 5.20. The normalized spacial score (nSPS) is 16.3. The zero-order valence-electron chi connectivity index (χ0n) is 14.1. The lowest BCUT2D eigenvalue weighted by molar-refractivity contribution is -0.120. The molecule has 0 fully saturated rings. The van der Waals surface area contributed by atoms with Crippen LogP contribution in [0.5, 0.6) is 0 Å². The van der Waals surface area contributed by atoms with Crippen molar-refractivity contribution in [2.45, 2.75) is 25.8 Å². The third kappa shape index (κ3) is 5.29. The number of aliphatic hydroxyl groups excluding tert-OH is 1. The highest BCUT2D eigenvalue weighted by molar-refractivity contribution is 6.09. The van der Waals surface area contributed by atoms with Crippen LogP contribution in [0.1, 0.15) is 19.8 Å². The molecule has 0 radical (unpaired) electrons. The first-order valence-corrected chi connectivity index (χ1v) is 8.02. The lowest BCUT2D eigenvalue weighted by Crippen LogP contribution is -2.32. The molecule has 3 rings (SSSR count). The number of fused-ring (bicyclic) bond motifs is 1. The van der Waals surface area contributed by atoms with E-state index in [-0.39, 0.29) is 24.5 Å². The topological polar surface area (TPSA) is 99.8 Å². The molecule has 1 aliphatic rings. The Hall–Kier alpha value is -2.93. The molecule has 1 amide bonds. The van der Waals surface area contributed by atoms with Crippen LogP contribution >= 0.6 is 0 Å². The molecular formula is C18H22N4O3. The molecule has 1 aromatic heterocycles. The number of nitrogens with one attached hydrogen (secondary N) is 2. The Labute approximate surface area is 146 Å². The van der Waals surface area contributed by atoms with Gasteiger partial charge in [0.15, 0.2) is 5.58 Å². The Bertz CT molecular complexity index is 746. The van der Waals surface area contributed by atoms with Gasteiger partial charge in [0, 0.05) is 13.0 Å². The minimum Gasteiger partial charge on any atom is -0.423 e. The smallest absolute Gasteiger partial charge is 0.302 e. The van der Waals surface area contributed by atoms with Crippen LogP contribution in [-0.2, 0) is 4.79 Å². The number of hydrogen-bond donors (Lipinski definition) is 3. The van der Waals surface area contributed by atoms with E-state index in [0.29, 0.717) is 12.0 Å². The first-order chi connectivity index (χ1) is 12.2. The van der Waals surface area contributed by atoms with E-state index in [1.165, 1.54) is 0 Å². The number of guanidine groups is 1. The molecule has 7 nitrogen and oxygen atoms in total. The number of oxazole rings is 1.